The van der Waals surface area contributed by atoms with Crippen molar-refractivity contribution in [3.63, 3.8) is 0 Å². The Hall–Kier alpha value is -1.61. The summed E-state index contributed by atoms with van der Waals surface area (Å²) in [6, 6.07) is 6.08. The van der Waals surface area contributed by atoms with Gasteiger partial charge in [-0.3, -0.25) is 4.79 Å². The Morgan fingerprint density at radius 1 is 1.53 bits per heavy atom. The van der Waals surface area contributed by atoms with Crippen molar-refractivity contribution in [2.75, 3.05) is 18.1 Å². The summed E-state index contributed by atoms with van der Waals surface area (Å²) in [7, 11) is 0. The molecule has 1 saturated heterocycles. The number of ether oxygens (including phenoxy) is 1. The largest absolute Gasteiger partial charge is 0.379 e. The fourth-order valence-corrected chi connectivity index (χ4v) is 2.23. The number of rotatable bonds is 4. The van der Waals surface area contributed by atoms with Crippen molar-refractivity contribution in [2.24, 2.45) is 0 Å². The molecule has 1 heterocycles. The predicted molar refractivity (Wildman–Crippen MR) is 68.5 cm³/mol. The Bertz CT molecular complexity index is 422. The molecule has 0 radical (unpaired) electrons. The van der Waals surface area contributed by atoms with Gasteiger partial charge in [-0.1, -0.05) is 18.7 Å². The summed E-state index contributed by atoms with van der Waals surface area (Å²) in [6.07, 6.45) is 3.71. The van der Waals surface area contributed by atoms with Gasteiger partial charge in [-0.2, -0.15) is 0 Å². The van der Waals surface area contributed by atoms with E-state index in [9.17, 15) is 4.79 Å². The summed E-state index contributed by atoms with van der Waals surface area (Å²) in [5.41, 5.74) is 2.77. The SMILES string of the molecule is C=CN(c1cccc(C=O)c1C)C1CCOC1. The molecule has 17 heavy (non-hydrogen) atoms. The zero-order valence-corrected chi connectivity index (χ0v) is 10.1. The van der Waals surface area contributed by atoms with E-state index in [4.69, 9.17) is 4.74 Å². The van der Waals surface area contributed by atoms with Gasteiger partial charge in [0.2, 0.25) is 0 Å². The molecule has 0 bridgehead atoms. The third-order valence-electron chi connectivity index (χ3n) is 3.25. The lowest BCUT2D eigenvalue weighted by Crippen LogP contribution is -2.31. The molecule has 0 aliphatic carbocycles. The van der Waals surface area contributed by atoms with Crippen LogP contribution in [0.2, 0.25) is 0 Å². The van der Waals surface area contributed by atoms with Crippen molar-refractivity contribution in [3.8, 4) is 0 Å². The van der Waals surface area contributed by atoms with E-state index in [2.05, 4.69) is 11.5 Å². The Kier molecular flexibility index (Phi) is 3.59. The van der Waals surface area contributed by atoms with Crippen molar-refractivity contribution in [3.05, 3.63) is 42.1 Å². The van der Waals surface area contributed by atoms with Gasteiger partial charge in [0.1, 0.15) is 6.29 Å². The highest BCUT2D eigenvalue weighted by Crippen LogP contribution is 2.27. The van der Waals surface area contributed by atoms with Gasteiger partial charge in [0.05, 0.1) is 12.6 Å². The molecular formula is C14H17NO2. The van der Waals surface area contributed by atoms with E-state index in [1.807, 2.05) is 31.3 Å². The van der Waals surface area contributed by atoms with Gasteiger partial charge < -0.3 is 9.64 Å². The summed E-state index contributed by atoms with van der Waals surface area (Å²) in [5, 5.41) is 0. The first-order valence-electron chi connectivity index (χ1n) is 5.81. The summed E-state index contributed by atoms with van der Waals surface area (Å²) in [6.45, 7) is 7.34. The second kappa shape index (κ2) is 5.15. The summed E-state index contributed by atoms with van der Waals surface area (Å²) < 4.78 is 5.40. The van der Waals surface area contributed by atoms with Gasteiger partial charge >= 0.3 is 0 Å². The fraction of sp³-hybridized carbons (Fsp3) is 0.357. The maximum atomic E-state index is 10.9. The van der Waals surface area contributed by atoms with Gasteiger partial charge in [-0.15, -0.1) is 0 Å². The maximum Gasteiger partial charge on any atom is 0.150 e. The third kappa shape index (κ3) is 2.24. The Labute approximate surface area is 102 Å². The second-order valence-electron chi connectivity index (χ2n) is 4.22. The smallest absolute Gasteiger partial charge is 0.150 e. The zero-order valence-electron chi connectivity index (χ0n) is 10.1. The lowest BCUT2D eigenvalue weighted by Gasteiger charge is -2.28. The van der Waals surface area contributed by atoms with Crippen LogP contribution in [-0.2, 0) is 4.74 Å². The van der Waals surface area contributed by atoms with Crippen LogP contribution >= 0.6 is 0 Å². The molecule has 90 valence electrons. The van der Waals surface area contributed by atoms with E-state index in [0.29, 0.717) is 6.04 Å². The minimum Gasteiger partial charge on any atom is -0.379 e. The number of carbonyl (C=O) groups excluding carboxylic acids is 1. The van der Waals surface area contributed by atoms with Crippen LogP contribution in [0.1, 0.15) is 22.3 Å². The quantitative estimate of drug-likeness (QED) is 0.746. The van der Waals surface area contributed by atoms with E-state index >= 15 is 0 Å². The summed E-state index contributed by atoms with van der Waals surface area (Å²) in [4.78, 5) is 13.0. The van der Waals surface area contributed by atoms with Crippen molar-refractivity contribution >= 4 is 12.0 Å². The second-order valence-corrected chi connectivity index (χ2v) is 4.22. The average Bonchev–Trinajstić information content (AvgIpc) is 2.86. The molecule has 2 rings (SSSR count). The lowest BCUT2D eigenvalue weighted by molar-refractivity contribution is 0.112. The molecule has 3 nitrogen and oxygen atoms in total. The van der Waals surface area contributed by atoms with Crippen molar-refractivity contribution in [1.29, 1.82) is 0 Å². The highest BCUT2D eigenvalue weighted by atomic mass is 16.5. The molecule has 0 aromatic heterocycles. The van der Waals surface area contributed by atoms with Crippen LogP contribution in [-0.4, -0.2) is 25.5 Å². The van der Waals surface area contributed by atoms with Crippen molar-refractivity contribution < 1.29 is 9.53 Å². The maximum absolute atomic E-state index is 10.9. The molecule has 1 aliphatic heterocycles. The first kappa shape index (κ1) is 11.9. The normalized spacial score (nSPS) is 19.0. The number of benzene rings is 1. The number of hydrogen-bond acceptors (Lipinski definition) is 3. The van der Waals surface area contributed by atoms with E-state index in [-0.39, 0.29) is 0 Å². The third-order valence-corrected chi connectivity index (χ3v) is 3.25. The van der Waals surface area contributed by atoms with Crippen molar-refractivity contribution in [1.82, 2.24) is 0 Å². The van der Waals surface area contributed by atoms with Gasteiger partial charge in [0.25, 0.3) is 0 Å². The number of carbonyl (C=O) groups is 1. The number of aldehydes is 1. The molecule has 3 heteroatoms. The topological polar surface area (TPSA) is 29.5 Å². The van der Waals surface area contributed by atoms with E-state index in [1.165, 1.54) is 0 Å². The van der Waals surface area contributed by atoms with Crippen LogP contribution in [0, 0.1) is 6.92 Å². The van der Waals surface area contributed by atoms with Crippen LogP contribution in [0.25, 0.3) is 0 Å². The molecule has 0 N–H and O–H groups in total. The van der Waals surface area contributed by atoms with E-state index < -0.39 is 0 Å². The molecule has 1 aromatic rings. The molecule has 1 aliphatic rings. The monoisotopic (exact) mass is 231 g/mol. The van der Waals surface area contributed by atoms with Crippen LogP contribution in [0.15, 0.2) is 31.0 Å². The van der Waals surface area contributed by atoms with Crippen LogP contribution in [0.4, 0.5) is 5.69 Å². The van der Waals surface area contributed by atoms with Gasteiger partial charge in [0.15, 0.2) is 0 Å². The minimum atomic E-state index is 0.327. The average molecular weight is 231 g/mol. The Balaban J connectivity index is 2.36. The summed E-state index contributed by atoms with van der Waals surface area (Å²) >= 11 is 0. The molecule has 1 fully saturated rings. The Morgan fingerprint density at radius 3 is 2.94 bits per heavy atom. The van der Waals surface area contributed by atoms with Crippen molar-refractivity contribution in [2.45, 2.75) is 19.4 Å². The van der Waals surface area contributed by atoms with Crippen LogP contribution < -0.4 is 4.90 Å². The first-order chi connectivity index (χ1) is 8.27. The Morgan fingerprint density at radius 2 is 2.35 bits per heavy atom. The first-order valence-corrected chi connectivity index (χ1v) is 5.81. The molecule has 1 aromatic carbocycles. The molecule has 1 atom stereocenters. The molecule has 0 spiro atoms. The molecule has 0 amide bonds. The van der Waals surface area contributed by atoms with Crippen LogP contribution in [0.3, 0.4) is 0 Å². The number of anilines is 1. The predicted octanol–water partition coefficient (Wildman–Crippen LogP) is 2.55. The van der Waals surface area contributed by atoms with Gasteiger partial charge in [-0.05, 0) is 31.2 Å². The van der Waals surface area contributed by atoms with E-state index in [1.54, 1.807) is 0 Å². The lowest BCUT2D eigenvalue weighted by atomic mass is 10.1. The van der Waals surface area contributed by atoms with Gasteiger partial charge in [0, 0.05) is 17.9 Å². The number of hydrogen-bond donors (Lipinski definition) is 0. The van der Waals surface area contributed by atoms with Crippen LogP contribution in [0.5, 0.6) is 0 Å². The highest BCUT2D eigenvalue weighted by Gasteiger charge is 2.23. The highest BCUT2D eigenvalue weighted by molar-refractivity contribution is 5.81. The minimum absolute atomic E-state index is 0.327. The number of nitrogens with zero attached hydrogens (tertiary/aromatic N) is 1. The van der Waals surface area contributed by atoms with E-state index in [0.717, 1.165) is 42.7 Å². The summed E-state index contributed by atoms with van der Waals surface area (Å²) in [5.74, 6) is 0. The standard InChI is InChI=1S/C14H17NO2/c1-3-15(13-7-8-17-10-13)14-6-4-5-12(9-16)11(14)2/h3-6,9,13H,1,7-8,10H2,2H3. The zero-order chi connectivity index (χ0) is 12.3. The molecular weight excluding hydrogens is 214 g/mol. The van der Waals surface area contributed by atoms with Gasteiger partial charge in [-0.25, -0.2) is 0 Å². The molecule has 0 saturated carbocycles. The molecule has 1 unspecified atom stereocenters. The fourth-order valence-electron chi connectivity index (χ4n) is 2.23.